The van der Waals surface area contributed by atoms with Crippen LogP contribution in [0, 0.1) is 17.8 Å². The van der Waals surface area contributed by atoms with E-state index in [9.17, 15) is 26.0 Å². The van der Waals surface area contributed by atoms with Gasteiger partial charge in [0.25, 0.3) is 0 Å². The third-order valence-corrected chi connectivity index (χ3v) is 5.18. The Morgan fingerprint density at radius 2 is 1.61 bits per heavy atom. The van der Waals surface area contributed by atoms with Gasteiger partial charge in [0.1, 0.15) is 0 Å². The summed E-state index contributed by atoms with van der Waals surface area (Å²) >= 11 is 0. The van der Waals surface area contributed by atoms with E-state index in [1.807, 2.05) is 0 Å². The average Bonchev–Trinajstić information content (AvgIpc) is 2.74. The summed E-state index contributed by atoms with van der Waals surface area (Å²) in [4.78, 5) is 0. The first-order valence-corrected chi connectivity index (χ1v) is 7.25. The van der Waals surface area contributed by atoms with Crippen molar-refractivity contribution in [2.24, 2.45) is 17.8 Å². The minimum Gasteiger partial charge on any atom is -0.281 e. The number of halogens is 4. The van der Waals surface area contributed by atoms with E-state index in [0.29, 0.717) is 19.3 Å². The van der Waals surface area contributed by atoms with Gasteiger partial charge in [-0.05, 0) is 31.1 Å². The molecule has 8 heteroatoms. The molecule has 2 aliphatic rings. The summed E-state index contributed by atoms with van der Waals surface area (Å²) in [5.74, 6) is -6.96. The van der Waals surface area contributed by atoms with Crippen molar-refractivity contribution in [3.05, 3.63) is 0 Å². The van der Waals surface area contributed by atoms with E-state index in [0.717, 1.165) is 6.42 Å². The molecule has 0 amide bonds. The van der Waals surface area contributed by atoms with Gasteiger partial charge in [-0.2, -0.15) is 26.0 Å². The van der Waals surface area contributed by atoms with Crippen molar-refractivity contribution in [1.82, 2.24) is 0 Å². The lowest BCUT2D eigenvalue weighted by Gasteiger charge is -2.32. The predicted octanol–water partition coefficient (Wildman–Crippen LogP) is 2.93. The van der Waals surface area contributed by atoms with Crippen molar-refractivity contribution in [3.63, 3.8) is 0 Å². The Bertz CT molecular complexity index is 434. The quantitative estimate of drug-likeness (QED) is 0.642. The number of hydrogen-bond acceptors (Lipinski definition) is 2. The van der Waals surface area contributed by atoms with Crippen LogP contribution in [0.4, 0.5) is 17.6 Å². The van der Waals surface area contributed by atoms with Crippen molar-refractivity contribution in [1.29, 1.82) is 0 Å². The van der Waals surface area contributed by atoms with E-state index in [-0.39, 0.29) is 12.3 Å². The third kappa shape index (κ3) is 1.84. The lowest BCUT2D eigenvalue weighted by molar-refractivity contribution is -0.200. The summed E-state index contributed by atoms with van der Waals surface area (Å²) in [5, 5.41) is -5.41. The van der Waals surface area contributed by atoms with Crippen LogP contribution in [0.25, 0.3) is 0 Å². The van der Waals surface area contributed by atoms with E-state index in [2.05, 4.69) is 0 Å². The molecule has 2 rings (SSSR count). The normalized spacial score (nSPS) is 33.7. The summed E-state index contributed by atoms with van der Waals surface area (Å²) in [6, 6.07) is 0. The average molecular weight is 290 g/mol. The molecule has 106 valence electrons. The SMILES string of the molecule is O=S(=O)(O)C(F)(F)C(F)(F)C1CCC2CCCC21. The Balaban J connectivity index is 2.31. The van der Waals surface area contributed by atoms with Crippen molar-refractivity contribution in [2.45, 2.75) is 43.3 Å². The number of fused-ring (bicyclic) bond motifs is 1. The molecule has 2 aliphatic carbocycles. The molecule has 0 saturated heterocycles. The van der Waals surface area contributed by atoms with Crippen LogP contribution in [0.5, 0.6) is 0 Å². The topological polar surface area (TPSA) is 54.4 Å². The molecular formula is C10H14F4O3S. The van der Waals surface area contributed by atoms with Crippen LogP contribution in [0.1, 0.15) is 32.1 Å². The maximum Gasteiger partial charge on any atom is 0.431 e. The van der Waals surface area contributed by atoms with Gasteiger partial charge >= 0.3 is 21.3 Å². The van der Waals surface area contributed by atoms with Crippen molar-refractivity contribution < 1.29 is 30.5 Å². The number of rotatable bonds is 3. The van der Waals surface area contributed by atoms with Crippen LogP contribution in [-0.4, -0.2) is 24.1 Å². The smallest absolute Gasteiger partial charge is 0.281 e. The van der Waals surface area contributed by atoms with Crippen molar-refractivity contribution in [2.75, 3.05) is 0 Å². The molecule has 2 fully saturated rings. The largest absolute Gasteiger partial charge is 0.431 e. The second-order valence-corrected chi connectivity index (χ2v) is 6.62. The van der Waals surface area contributed by atoms with Gasteiger partial charge in [-0.25, -0.2) is 0 Å². The highest BCUT2D eigenvalue weighted by Gasteiger charge is 2.71. The van der Waals surface area contributed by atoms with Crippen LogP contribution < -0.4 is 0 Å². The monoisotopic (exact) mass is 290 g/mol. The molecular weight excluding hydrogens is 276 g/mol. The molecule has 1 N–H and O–H groups in total. The molecule has 3 atom stereocenters. The van der Waals surface area contributed by atoms with Gasteiger partial charge in [-0.3, -0.25) is 4.55 Å². The molecule has 0 aromatic rings. The molecule has 0 heterocycles. The first-order chi connectivity index (χ1) is 8.09. The summed E-state index contributed by atoms with van der Waals surface area (Å²) < 4.78 is 83.2. The highest BCUT2D eigenvalue weighted by atomic mass is 32.2. The zero-order valence-corrected chi connectivity index (χ0v) is 10.3. The van der Waals surface area contributed by atoms with Gasteiger partial charge in [0.2, 0.25) is 0 Å². The molecule has 0 aromatic heterocycles. The molecule has 0 spiro atoms. The van der Waals surface area contributed by atoms with E-state index >= 15 is 0 Å². The van der Waals surface area contributed by atoms with E-state index in [1.165, 1.54) is 0 Å². The molecule has 0 aromatic carbocycles. The van der Waals surface area contributed by atoms with Crippen LogP contribution in [0.3, 0.4) is 0 Å². The maximum atomic E-state index is 13.8. The fraction of sp³-hybridized carbons (Fsp3) is 1.00. The van der Waals surface area contributed by atoms with Gasteiger partial charge in [-0.15, -0.1) is 0 Å². The zero-order valence-electron chi connectivity index (χ0n) is 9.45. The van der Waals surface area contributed by atoms with Gasteiger partial charge in [0.15, 0.2) is 0 Å². The molecule has 0 aliphatic heterocycles. The Kier molecular flexibility index (Phi) is 3.17. The summed E-state index contributed by atoms with van der Waals surface area (Å²) in [6.07, 6.45) is 2.17. The van der Waals surface area contributed by atoms with Crippen LogP contribution in [0.2, 0.25) is 0 Å². The first kappa shape index (κ1) is 14.0. The van der Waals surface area contributed by atoms with E-state index < -0.39 is 33.1 Å². The Morgan fingerprint density at radius 1 is 1.00 bits per heavy atom. The first-order valence-electron chi connectivity index (χ1n) is 5.81. The van der Waals surface area contributed by atoms with Gasteiger partial charge in [0, 0.05) is 5.92 Å². The molecule has 3 unspecified atom stereocenters. The standard InChI is InChI=1S/C10H14F4O3S/c11-9(12,10(13,14)18(15,16)17)8-5-4-6-2-1-3-7(6)8/h6-8H,1-5H2,(H,15,16,17). The number of hydrogen-bond donors (Lipinski definition) is 1. The molecule has 0 bridgehead atoms. The fourth-order valence-corrected chi connectivity index (χ4v) is 3.89. The highest BCUT2D eigenvalue weighted by Crippen LogP contribution is 2.57. The summed E-state index contributed by atoms with van der Waals surface area (Å²) in [6.45, 7) is 0. The Labute approximate surface area is 102 Å². The molecule has 0 radical (unpaired) electrons. The number of alkyl halides is 4. The van der Waals surface area contributed by atoms with Crippen molar-refractivity contribution in [3.8, 4) is 0 Å². The Hall–Kier alpha value is -0.370. The zero-order chi connectivity index (χ0) is 13.8. The van der Waals surface area contributed by atoms with E-state index in [1.54, 1.807) is 0 Å². The van der Waals surface area contributed by atoms with E-state index in [4.69, 9.17) is 4.55 Å². The van der Waals surface area contributed by atoms with Crippen LogP contribution >= 0.6 is 0 Å². The summed E-state index contributed by atoms with van der Waals surface area (Å²) in [5.41, 5.74) is 0. The summed E-state index contributed by atoms with van der Waals surface area (Å²) in [7, 11) is -6.11. The van der Waals surface area contributed by atoms with Crippen molar-refractivity contribution >= 4 is 10.1 Å². The Morgan fingerprint density at radius 3 is 2.17 bits per heavy atom. The minimum atomic E-state index is -6.11. The fourth-order valence-electron chi connectivity index (χ4n) is 3.40. The molecule has 18 heavy (non-hydrogen) atoms. The van der Waals surface area contributed by atoms with Crippen LogP contribution in [0.15, 0.2) is 0 Å². The van der Waals surface area contributed by atoms with Gasteiger partial charge < -0.3 is 0 Å². The van der Waals surface area contributed by atoms with Gasteiger partial charge in [0.05, 0.1) is 0 Å². The lowest BCUT2D eigenvalue weighted by atomic mass is 9.87. The minimum absolute atomic E-state index is 0.0157. The van der Waals surface area contributed by atoms with Crippen LogP contribution in [-0.2, 0) is 10.1 Å². The predicted molar refractivity (Wildman–Crippen MR) is 55.0 cm³/mol. The second kappa shape index (κ2) is 4.06. The molecule has 3 nitrogen and oxygen atoms in total. The molecule has 2 saturated carbocycles. The lowest BCUT2D eigenvalue weighted by Crippen LogP contribution is -2.52. The maximum absolute atomic E-state index is 13.8. The third-order valence-electron chi connectivity index (χ3n) is 4.26. The highest BCUT2D eigenvalue weighted by molar-refractivity contribution is 7.87. The second-order valence-electron chi connectivity index (χ2n) is 5.15. The van der Waals surface area contributed by atoms with Gasteiger partial charge in [-0.1, -0.05) is 12.8 Å².